The molecule has 1 unspecified atom stereocenters. The molecule has 15 nitrogen and oxygen atoms in total. The van der Waals surface area contributed by atoms with E-state index >= 15 is 0 Å². The highest BCUT2D eigenvalue weighted by atomic mass is 16.8. The summed E-state index contributed by atoms with van der Waals surface area (Å²) in [7, 11) is 1.35. The third kappa shape index (κ3) is 9.24. The lowest BCUT2D eigenvalue weighted by Crippen LogP contribution is -2.70. The number of nitrogens with one attached hydrogen (secondary N) is 1. The maximum Gasteiger partial charge on any atom is 0.412 e. The number of methoxy groups -OCH3 is 1. The molecule has 2 aromatic carbocycles. The van der Waals surface area contributed by atoms with E-state index in [1.807, 2.05) is 31.2 Å². The summed E-state index contributed by atoms with van der Waals surface area (Å²) in [6, 6.07) is 10.1. The fraction of sp³-hybridized carbons (Fsp3) is 0.578. The molecule has 2 fully saturated rings. The first-order valence-electron chi connectivity index (χ1n) is 21.4. The molecule has 7 atom stereocenters. The van der Waals surface area contributed by atoms with Crippen molar-refractivity contribution in [2.24, 2.45) is 22.9 Å². The van der Waals surface area contributed by atoms with Crippen LogP contribution in [0.2, 0.25) is 0 Å². The average Bonchev–Trinajstić information content (AvgIpc) is 3.74. The molecule has 7 rings (SSSR count). The van der Waals surface area contributed by atoms with Gasteiger partial charge in [0.15, 0.2) is 11.5 Å². The zero-order valence-electron chi connectivity index (χ0n) is 34.7. The number of nitrogens with zero attached hydrogens (tertiary/aromatic N) is 2. The van der Waals surface area contributed by atoms with E-state index in [4.69, 9.17) is 43.2 Å². The number of oxime groups is 1. The molecular formula is C45H59N3O12. The van der Waals surface area contributed by atoms with Gasteiger partial charge in [-0.3, -0.25) is 4.90 Å². The monoisotopic (exact) mass is 833 g/mol. The standard InChI is InChI=1S/C45H59N3O12/c1-4-21-57-45-39(48(44(52)53-3)27-29-15-17-37-38(23-29)56-28-55-37)26-35(47-60-40-14-8-11-22-54-40)33-24-30(12-6-9-19-49)32(13-7-10-20-50)41(42(33)45)34-25-31(16-18-36(34)59-45)58-43(51)46-5-2/h4,15-18,23-25,30,32,39-42,49-50H,1,5-14,19-22,26-28H2,2-3H3,(H,46,51)/t30-,32+,39-,40?,41+,42+,45+/m0/s1. The Morgan fingerprint density at radius 3 is 2.58 bits per heavy atom. The maximum atomic E-state index is 14.3. The number of fused-ring (bicyclic) bond motifs is 3. The van der Waals surface area contributed by atoms with Crippen LogP contribution in [0.3, 0.4) is 0 Å². The van der Waals surface area contributed by atoms with E-state index in [0.717, 1.165) is 55.2 Å². The van der Waals surface area contributed by atoms with Crippen LogP contribution < -0.4 is 24.3 Å². The number of rotatable bonds is 18. The summed E-state index contributed by atoms with van der Waals surface area (Å²) >= 11 is 0. The molecule has 15 heteroatoms. The summed E-state index contributed by atoms with van der Waals surface area (Å²) in [5.41, 5.74) is 3.09. The first-order chi connectivity index (χ1) is 29.3. The van der Waals surface area contributed by atoms with Crippen molar-refractivity contribution >= 4 is 17.9 Å². The van der Waals surface area contributed by atoms with Crippen molar-refractivity contribution in [3.05, 3.63) is 71.8 Å². The molecule has 326 valence electrons. The number of hydrogen-bond acceptors (Lipinski definition) is 13. The Morgan fingerprint density at radius 1 is 1.03 bits per heavy atom. The summed E-state index contributed by atoms with van der Waals surface area (Å²) in [4.78, 5) is 34.9. The third-order valence-electron chi connectivity index (χ3n) is 12.2. The minimum Gasteiger partial charge on any atom is -0.459 e. The fourth-order valence-corrected chi connectivity index (χ4v) is 9.57. The van der Waals surface area contributed by atoms with E-state index in [2.05, 4.69) is 18.0 Å². The zero-order chi connectivity index (χ0) is 42.1. The Labute approximate surface area is 351 Å². The SMILES string of the molecule is C=CCO[C@@]12Oc3ccc(OC(=O)NCC)cc3[C@H]3[C@H](CCCCO)[C@@H](CCCCO)C=C(C(=NOC4CCCCO4)C[C@@H]1N(Cc1ccc4c(c1)OCO4)C(=O)OC)[C@H]32. The summed E-state index contributed by atoms with van der Waals surface area (Å²) in [6.45, 7) is 7.23. The molecule has 3 aliphatic heterocycles. The number of aliphatic hydroxyl groups excluding tert-OH is 2. The smallest absolute Gasteiger partial charge is 0.412 e. The Hall–Kier alpha value is -4.83. The average molecular weight is 834 g/mol. The van der Waals surface area contributed by atoms with Gasteiger partial charge < -0.3 is 53.5 Å². The van der Waals surface area contributed by atoms with Gasteiger partial charge in [-0.2, -0.15) is 0 Å². The van der Waals surface area contributed by atoms with E-state index in [1.54, 1.807) is 23.1 Å². The van der Waals surface area contributed by atoms with Crippen LogP contribution in [-0.4, -0.2) is 98.0 Å². The molecular weight excluding hydrogens is 775 g/mol. The Kier molecular flexibility index (Phi) is 14.5. The number of amides is 2. The van der Waals surface area contributed by atoms with Crippen LogP contribution >= 0.6 is 0 Å². The fourth-order valence-electron chi connectivity index (χ4n) is 9.57. The molecule has 0 spiro atoms. The number of carbonyl (C=O) groups is 2. The van der Waals surface area contributed by atoms with E-state index in [0.29, 0.717) is 61.1 Å². The van der Waals surface area contributed by atoms with Crippen molar-refractivity contribution in [3.63, 3.8) is 0 Å². The Morgan fingerprint density at radius 2 is 1.83 bits per heavy atom. The van der Waals surface area contributed by atoms with E-state index in [1.165, 1.54) is 7.11 Å². The van der Waals surface area contributed by atoms with Crippen LogP contribution in [0.4, 0.5) is 9.59 Å². The molecule has 0 aromatic heterocycles. The van der Waals surface area contributed by atoms with Gasteiger partial charge in [-0.15, -0.1) is 6.58 Å². The Bertz CT molecular complexity index is 1880. The van der Waals surface area contributed by atoms with Crippen LogP contribution in [0.5, 0.6) is 23.0 Å². The highest BCUT2D eigenvalue weighted by molar-refractivity contribution is 6.03. The van der Waals surface area contributed by atoms with Gasteiger partial charge in [-0.05, 0) is 98.8 Å². The number of aliphatic hydroxyl groups is 2. The zero-order valence-corrected chi connectivity index (χ0v) is 34.7. The van der Waals surface area contributed by atoms with Gasteiger partial charge in [0, 0.05) is 50.6 Å². The highest BCUT2D eigenvalue weighted by Gasteiger charge is 2.65. The first kappa shape index (κ1) is 43.3. The minimum absolute atomic E-state index is 0.0144. The van der Waals surface area contributed by atoms with E-state index in [-0.39, 0.29) is 57.3 Å². The largest absolute Gasteiger partial charge is 0.459 e. The van der Waals surface area contributed by atoms with Crippen molar-refractivity contribution in [2.45, 2.75) is 102 Å². The van der Waals surface area contributed by atoms with Gasteiger partial charge >= 0.3 is 12.2 Å². The predicted octanol–water partition coefficient (Wildman–Crippen LogP) is 6.95. The first-order valence-corrected chi connectivity index (χ1v) is 21.4. The second-order valence-electron chi connectivity index (χ2n) is 15.9. The Balaban J connectivity index is 1.44. The maximum absolute atomic E-state index is 14.3. The summed E-state index contributed by atoms with van der Waals surface area (Å²) in [5.74, 6) is -0.359. The number of benzene rings is 2. The molecule has 3 N–H and O–H groups in total. The number of allylic oxidation sites excluding steroid dienone is 1. The van der Waals surface area contributed by atoms with Crippen molar-refractivity contribution in [2.75, 3.05) is 46.9 Å². The van der Waals surface area contributed by atoms with Crippen LogP contribution in [0.15, 0.2) is 65.9 Å². The summed E-state index contributed by atoms with van der Waals surface area (Å²) < 4.78 is 42.9. The summed E-state index contributed by atoms with van der Waals surface area (Å²) in [6.07, 6.45) is 9.32. The van der Waals surface area contributed by atoms with Crippen LogP contribution in [-0.2, 0) is 25.6 Å². The van der Waals surface area contributed by atoms with Gasteiger partial charge in [-0.1, -0.05) is 36.2 Å². The highest BCUT2D eigenvalue weighted by Crippen LogP contribution is 2.62. The van der Waals surface area contributed by atoms with E-state index < -0.39 is 36.2 Å². The molecule has 0 radical (unpaired) electrons. The molecule has 60 heavy (non-hydrogen) atoms. The van der Waals surface area contributed by atoms with Crippen LogP contribution in [0.1, 0.15) is 88.2 Å². The van der Waals surface area contributed by atoms with Gasteiger partial charge in [0.2, 0.25) is 18.9 Å². The second-order valence-corrected chi connectivity index (χ2v) is 15.9. The molecule has 0 bridgehead atoms. The van der Waals surface area contributed by atoms with Gasteiger partial charge in [0.25, 0.3) is 0 Å². The van der Waals surface area contributed by atoms with Crippen molar-refractivity contribution in [1.82, 2.24) is 10.2 Å². The molecule has 3 heterocycles. The number of unbranched alkanes of at least 4 members (excludes halogenated alkanes) is 2. The summed E-state index contributed by atoms with van der Waals surface area (Å²) in [5, 5.41) is 27.4. The third-order valence-corrected chi connectivity index (χ3v) is 12.2. The van der Waals surface area contributed by atoms with Crippen molar-refractivity contribution in [3.8, 4) is 23.0 Å². The molecule has 2 amide bonds. The van der Waals surface area contributed by atoms with Gasteiger partial charge in [0.05, 0.1) is 32.0 Å². The molecule has 1 saturated heterocycles. The number of hydrogen-bond donors (Lipinski definition) is 3. The lowest BCUT2D eigenvalue weighted by molar-refractivity contribution is -0.256. The van der Waals surface area contributed by atoms with Crippen LogP contribution in [0.25, 0.3) is 0 Å². The number of carbonyl (C=O) groups excluding carboxylic acids is 2. The quantitative estimate of drug-likeness (QED) is 0.0802. The molecule has 1 saturated carbocycles. The minimum atomic E-state index is -1.52. The topological polar surface area (TPSA) is 176 Å². The van der Waals surface area contributed by atoms with Crippen molar-refractivity contribution in [1.29, 1.82) is 0 Å². The molecule has 2 aliphatic carbocycles. The second kappa shape index (κ2) is 20.2. The van der Waals surface area contributed by atoms with Crippen LogP contribution in [0, 0.1) is 17.8 Å². The number of ether oxygens (including phenoxy) is 7. The van der Waals surface area contributed by atoms with E-state index in [9.17, 15) is 19.8 Å². The van der Waals surface area contributed by atoms with Gasteiger partial charge in [0.1, 0.15) is 17.5 Å². The molecule has 2 aromatic rings. The lowest BCUT2D eigenvalue weighted by Gasteiger charge is -2.59. The predicted molar refractivity (Wildman–Crippen MR) is 220 cm³/mol. The van der Waals surface area contributed by atoms with Gasteiger partial charge in [-0.25, -0.2) is 9.59 Å². The molecule has 5 aliphatic rings. The lowest BCUT2D eigenvalue weighted by atomic mass is 9.55. The van der Waals surface area contributed by atoms with Crippen molar-refractivity contribution < 1.29 is 57.8 Å². The normalized spacial score (nSPS) is 26.8.